The Morgan fingerprint density at radius 3 is 2.30 bits per heavy atom. The minimum absolute atomic E-state index is 0.0839. The fourth-order valence-corrected chi connectivity index (χ4v) is 1.69. The van der Waals surface area contributed by atoms with Crippen molar-refractivity contribution in [2.75, 3.05) is 0 Å². The first-order valence-electron chi connectivity index (χ1n) is 6.59. The molecular formula is C16H19NO3. The van der Waals surface area contributed by atoms with Gasteiger partial charge < -0.3 is 4.74 Å². The van der Waals surface area contributed by atoms with E-state index in [0.29, 0.717) is 17.9 Å². The predicted octanol–water partition coefficient (Wildman–Crippen LogP) is 4.51. The van der Waals surface area contributed by atoms with E-state index in [1.807, 2.05) is 44.2 Å². The monoisotopic (exact) mass is 273 g/mol. The molecule has 0 heterocycles. The Kier molecular flexibility index (Phi) is 6.23. The minimum atomic E-state index is -0.398. The highest BCUT2D eigenvalue weighted by Gasteiger charge is 2.13. The third-order valence-electron chi connectivity index (χ3n) is 2.69. The third kappa shape index (κ3) is 4.09. The molecule has 4 nitrogen and oxygen atoms in total. The van der Waals surface area contributed by atoms with Crippen molar-refractivity contribution in [2.24, 2.45) is 0 Å². The number of ether oxygens (including phenoxy) is 1. The van der Waals surface area contributed by atoms with Crippen molar-refractivity contribution in [2.45, 2.75) is 27.4 Å². The molecular weight excluding hydrogens is 254 g/mol. The molecule has 0 radical (unpaired) electrons. The molecule has 0 atom stereocenters. The quantitative estimate of drug-likeness (QED) is 0.608. The van der Waals surface area contributed by atoms with Gasteiger partial charge in [-0.05, 0) is 18.6 Å². The molecule has 0 aliphatic heterocycles. The van der Waals surface area contributed by atoms with Gasteiger partial charge in [-0.25, -0.2) is 0 Å². The Balaban J connectivity index is 0.000000956. The van der Waals surface area contributed by atoms with Crippen LogP contribution in [0.2, 0.25) is 0 Å². The van der Waals surface area contributed by atoms with Crippen molar-refractivity contribution in [3.8, 4) is 5.75 Å². The van der Waals surface area contributed by atoms with Gasteiger partial charge in [0.2, 0.25) is 0 Å². The second-order valence-electron chi connectivity index (χ2n) is 3.93. The number of nitro benzene ring substituents is 1. The Labute approximate surface area is 119 Å². The van der Waals surface area contributed by atoms with Crippen LogP contribution >= 0.6 is 0 Å². The standard InChI is InChI=1S/C14H13NO3.C2H6/c1-11-13(15(16)17)8-5-9-14(11)18-10-12-6-3-2-4-7-12;1-2/h2-9H,10H2,1H3;1-2H3. The first-order valence-corrected chi connectivity index (χ1v) is 6.59. The molecule has 0 aliphatic rings. The molecule has 0 amide bonds. The first kappa shape index (κ1) is 15.7. The van der Waals surface area contributed by atoms with E-state index >= 15 is 0 Å². The van der Waals surface area contributed by atoms with Crippen LogP contribution < -0.4 is 4.74 Å². The number of hydrogen-bond donors (Lipinski definition) is 0. The Bertz CT molecular complexity index is 553. The molecule has 4 heteroatoms. The lowest BCUT2D eigenvalue weighted by molar-refractivity contribution is -0.385. The van der Waals surface area contributed by atoms with Crippen LogP contribution in [-0.2, 0) is 6.61 Å². The van der Waals surface area contributed by atoms with Crippen LogP contribution in [0.1, 0.15) is 25.0 Å². The van der Waals surface area contributed by atoms with Crippen molar-refractivity contribution < 1.29 is 9.66 Å². The summed E-state index contributed by atoms with van der Waals surface area (Å²) in [6.07, 6.45) is 0. The molecule has 0 bridgehead atoms. The van der Waals surface area contributed by atoms with Gasteiger partial charge in [-0.3, -0.25) is 10.1 Å². The molecule has 2 aromatic rings. The summed E-state index contributed by atoms with van der Waals surface area (Å²) in [5.74, 6) is 0.549. The number of benzene rings is 2. The molecule has 0 saturated carbocycles. The number of hydrogen-bond acceptors (Lipinski definition) is 3. The zero-order chi connectivity index (χ0) is 15.0. The van der Waals surface area contributed by atoms with Crippen LogP contribution in [0.25, 0.3) is 0 Å². The van der Waals surface area contributed by atoms with Gasteiger partial charge in [-0.2, -0.15) is 0 Å². The van der Waals surface area contributed by atoms with Crippen molar-refractivity contribution >= 4 is 5.69 Å². The summed E-state index contributed by atoms with van der Waals surface area (Å²) in [7, 11) is 0. The molecule has 0 saturated heterocycles. The molecule has 2 rings (SSSR count). The van der Waals surface area contributed by atoms with Crippen LogP contribution in [0.3, 0.4) is 0 Å². The molecule has 0 unspecified atom stereocenters. The molecule has 20 heavy (non-hydrogen) atoms. The maximum atomic E-state index is 10.8. The number of nitro groups is 1. The Hall–Kier alpha value is -2.36. The van der Waals surface area contributed by atoms with E-state index in [4.69, 9.17) is 4.74 Å². The van der Waals surface area contributed by atoms with Gasteiger partial charge in [0.25, 0.3) is 5.69 Å². The second kappa shape index (κ2) is 7.94. The fraction of sp³-hybridized carbons (Fsp3) is 0.250. The van der Waals surface area contributed by atoms with Crippen LogP contribution in [-0.4, -0.2) is 4.92 Å². The van der Waals surface area contributed by atoms with Gasteiger partial charge in [0.1, 0.15) is 12.4 Å². The number of nitrogens with zero attached hydrogens (tertiary/aromatic N) is 1. The van der Waals surface area contributed by atoms with Crippen LogP contribution in [0, 0.1) is 17.0 Å². The van der Waals surface area contributed by atoms with E-state index in [0.717, 1.165) is 5.56 Å². The Morgan fingerprint density at radius 2 is 1.70 bits per heavy atom. The van der Waals surface area contributed by atoms with Gasteiger partial charge in [0, 0.05) is 6.07 Å². The van der Waals surface area contributed by atoms with Gasteiger partial charge in [0.05, 0.1) is 10.5 Å². The largest absolute Gasteiger partial charge is 0.488 e. The van der Waals surface area contributed by atoms with E-state index in [9.17, 15) is 10.1 Å². The molecule has 0 N–H and O–H groups in total. The average molecular weight is 273 g/mol. The number of rotatable bonds is 4. The first-order chi connectivity index (χ1) is 9.68. The highest BCUT2D eigenvalue weighted by molar-refractivity contribution is 5.48. The van der Waals surface area contributed by atoms with Crippen molar-refractivity contribution in [1.29, 1.82) is 0 Å². The molecule has 0 spiro atoms. The van der Waals surface area contributed by atoms with E-state index in [1.165, 1.54) is 6.07 Å². The summed E-state index contributed by atoms with van der Waals surface area (Å²) in [5, 5.41) is 10.8. The minimum Gasteiger partial charge on any atom is -0.488 e. The lowest BCUT2D eigenvalue weighted by Gasteiger charge is -2.09. The molecule has 106 valence electrons. The average Bonchev–Trinajstić information content (AvgIpc) is 2.49. The topological polar surface area (TPSA) is 52.4 Å². The van der Waals surface area contributed by atoms with Gasteiger partial charge >= 0.3 is 0 Å². The van der Waals surface area contributed by atoms with Crippen LogP contribution in [0.15, 0.2) is 48.5 Å². The van der Waals surface area contributed by atoms with Crippen molar-refractivity contribution in [3.05, 3.63) is 69.8 Å². The summed E-state index contributed by atoms with van der Waals surface area (Å²) < 4.78 is 5.61. The third-order valence-corrected chi connectivity index (χ3v) is 2.69. The van der Waals surface area contributed by atoms with Gasteiger partial charge in [-0.1, -0.05) is 50.2 Å². The highest BCUT2D eigenvalue weighted by Crippen LogP contribution is 2.27. The maximum Gasteiger partial charge on any atom is 0.276 e. The molecule has 0 fully saturated rings. The summed E-state index contributed by atoms with van der Waals surface area (Å²) in [6.45, 7) is 6.10. The van der Waals surface area contributed by atoms with E-state index in [-0.39, 0.29) is 5.69 Å². The van der Waals surface area contributed by atoms with Crippen LogP contribution in [0.4, 0.5) is 5.69 Å². The van der Waals surface area contributed by atoms with Crippen molar-refractivity contribution in [3.63, 3.8) is 0 Å². The summed E-state index contributed by atoms with van der Waals surface area (Å²) in [6, 6.07) is 14.5. The zero-order valence-electron chi connectivity index (χ0n) is 12.0. The summed E-state index contributed by atoms with van der Waals surface area (Å²) in [4.78, 5) is 10.4. The second-order valence-corrected chi connectivity index (χ2v) is 3.93. The van der Waals surface area contributed by atoms with E-state index in [1.54, 1.807) is 19.1 Å². The molecule has 0 aromatic heterocycles. The lowest BCUT2D eigenvalue weighted by Crippen LogP contribution is -1.99. The Morgan fingerprint density at radius 1 is 1.05 bits per heavy atom. The highest BCUT2D eigenvalue weighted by atomic mass is 16.6. The van der Waals surface area contributed by atoms with Crippen molar-refractivity contribution in [1.82, 2.24) is 0 Å². The SMILES string of the molecule is CC.Cc1c(OCc2ccccc2)cccc1[N+](=O)[O-]. The van der Waals surface area contributed by atoms with Gasteiger partial charge in [0.15, 0.2) is 0 Å². The van der Waals surface area contributed by atoms with Crippen LogP contribution in [0.5, 0.6) is 5.75 Å². The van der Waals surface area contributed by atoms with E-state index < -0.39 is 4.92 Å². The molecule has 0 aliphatic carbocycles. The van der Waals surface area contributed by atoms with Gasteiger partial charge in [-0.15, -0.1) is 0 Å². The predicted molar refractivity (Wildman–Crippen MR) is 80.0 cm³/mol. The normalized spacial score (nSPS) is 9.35. The summed E-state index contributed by atoms with van der Waals surface area (Å²) in [5.41, 5.74) is 1.67. The fourth-order valence-electron chi connectivity index (χ4n) is 1.69. The van der Waals surface area contributed by atoms with E-state index in [2.05, 4.69) is 0 Å². The lowest BCUT2D eigenvalue weighted by atomic mass is 10.2. The molecule has 2 aromatic carbocycles. The maximum absolute atomic E-state index is 10.8. The smallest absolute Gasteiger partial charge is 0.276 e. The summed E-state index contributed by atoms with van der Waals surface area (Å²) >= 11 is 0. The zero-order valence-corrected chi connectivity index (χ0v) is 12.0.